The number of benzene rings is 1. The summed E-state index contributed by atoms with van der Waals surface area (Å²) in [6.45, 7) is 9.58. The fraction of sp³-hybridized carbons (Fsp3) is 0.500. The molecule has 1 rings (SSSR count). The van der Waals surface area contributed by atoms with Crippen LogP contribution in [0.3, 0.4) is 0 Å². The summed E-state index contributed by atoms with van der Waals surface area (Å²) >= 11 is 3.35. The van der Waals surface area contributed by atoms with Crippen LogP contribution in [-0.2, 0) is 10.1 Å². The minimum absolute atomic E-state index is 0.274. The minimum atomic E-state index is -0.439. The molecule has 0 aliphatic rings. The van der Waals surface area contributed by atoms with Gasteiger partial charge in [0.25, 0.3) is 0 Å². The summed E-state index contributed by atoms with van der Waals surface area (Å²) < 4.78 is 5.25. The first kappa shape index (κ1) is 16.2. The second kappa shape index (κ2) is 7.49. The van der Waals surface area contributed by atoms with E-state index in [2.05, 4.69) is 15.9 Å². The second-order valence-corrected chi connectivity index (χ2v) is 4.89. The highest BCUT2D eigenvalue weighted by Crippen LogP contribution is 2.13. The SMILES string of the molecule is CC.CC(C)(C)OC(=O)c1ccc(CBr)cc1. The number of carbonyl (C=O) groups excluding carboxylic acids is 1. The van der Waals surface area contributed by atoms with E-state index in [-0.39, 0.29) is 5.97 Å². The van der Waals surface area contributed by atoms with Crippen LogP contribution in [0.2, 0.25) is 0 Å². The van der Waals surface area contributed by atoms with E-state index in [1.165, 1.54) is 0 Å². The predicted molar refractivity (Wildman–Crippen MR) is 75.6 cm³/mol. The molecule has 17 heavy (non-hydrogen) atoms. The molecule has 0 spiro atoms. The number of alkyl halides is 1. The molecule has 0 aliphatic heterocycles. The van der Waals surface area contributed by atoms with Crippen LogP contribution in [0.15, 0.2) is 24.3 Å². The van der Waals surface area contributed by atoms with Crippen molar-refractivity contribution in [1.29, 1.82) is 0 Å². The predicted octanol–water partition coefficient (Wildman–Crippen LogP) is 4.56. The van der Waals surface area contributed by atoms with E-state index >= 15 is 0 Å². The van der Waals surface area contributed by atoms with Crippen molar-refractivity contribution in [2.45, 2.75) is 45.5 Å². The maximum atomic E-state index is 11.6. The Morgan fingerprint density at radius 1 is 1.18 bits per heavy atom. The molecule has 2 nitrogen and oxygen atoms in total. The summed E-state index contributed by atoms with van der Waals surface area (Å²) in [5, 5.41) is 0.793. The Morgan fingerprint density at radius 3 is 2.00 bits per heavy atom. The van der Waals surface area contributed by atoms with Crippen LogP contribution in [-0.4, -0.2) is 11.6 Å². The third kappa shape index (κ3) is 6.47. The maximum Gasteiger partial charge on any atom is 0.338 e. The van der Waals surface area contributed by atoms with E-state index in [4.69, 9.17) is 4.74 Å². The molecule has 1 aromatic rings. The van der Waals surface area contributed by atoms with Crippen molar-refractivity contribution >= 4 is 21.9 Å². The quantitative estimate of drug-likeness (QED) is 0.591. The van der Waals surface area contributed by atoms with Crippen molar-refractivity contribution in [3.8, 4) is 0 Å². The molecule has 1 aromatic carbocycles. The molecular weight excluding hydrogens is 280 g/mol. The van der Waals surface area contributed by atoms with Gasteiger partial charge < -0.3 is 4.74 Å². The molecule has 0 saturated carbocycles. The van der Waals surface area contributed by atoms with Crippen LogP contribution < -0.4 is 0 Å². The molecule has 3 heteroatoms. The Balaban J connectivity index is 0.00000121. The lowest BCUT2D eigenvalue weighted by Crippen LogP contribution is -2.23. The van der Waals surface area contributed by atoms with Gasteiger partial charge in [-0.1, -0.05) is 41.9 Å². The zero-order valence-electron chi connectivity index (χ0n) is 11.2. The Kier molecular flexibility index (Phi) is 7.12. The number of halogens is 1. The van der Waals surface area contributed by atoms with Gasteiger partial charge in [0.1, 0.15) is 5.60 Å². The van der Waals surface area contributed by atoms with E-state index in [1.807, 2.05) is 46.8 Å². The first-order valence-corrected chi connectivity index (χ1v) is 6.93. The highest BCUT2D eigenvalue weighted by molar-refractivity contribution is 9.08. The molecule has 0 saturated heterocycles. The molecule has 0 bridgehead atoms. The van der Waals surface area contributed by atoms with Crippen LogP contribution in [0.25, 0.3) is 0 Å². The number of carbonyl (C=O) groups is 1. The van der Waals surface area contributed by atoms with Crippen molar-refractivity contribution in [3.05, 3.63) is 35.4 Å². The number of hydrogen-bond acceptors (Lipinski definition) is 2. The fourth-order valence-corrected chi connectivity index (χ4v) is 1.44. The highest BCUT2D eigenvalue weighted by atomic mass is 79.9. The first-order chi connectivity index (χ1) is 7.92. The molecule has 0 fully saturated rings. The van der Waals surface area contributed by atoms with Gasteiger partial charge in [0.05, 0.1) is 5.56 Å². The van der Waals surface area contributed by atoms with Crippen LogP contribution in [0.5, 0.6) is 0 Å². The van der Waals surface area contributed by atoms with Gasteiger partial charge in [-0.2, -0.15) is 0 Å². The molecule has 0 amide bonds. The van der Waals surface area contributed by atoms with Gasteiger partial charge in [0.2, 0.25) is 0 Å². The van der Waals surface area contributed by atoms with Gasteiger partial charge in [0, 0.05) is 5.33 Å². The van der Waals surface area contributed by atoms with Gasteiger partial charge in [-0.3, -0.25) is 0 Å². The van der Waals surface area contributed by atoms with Crippen molar-refractivity contribution < 1.29 is 9.53 Å². The maximum absolute atomic E-state index is 11.6. The smallest absolute Gasteiger partial charge is 0.338 e. The van der Waals surface area contributed by atoms with Crippen molar-refractivity contribution in [2.24, 2.45) is 0 Å². The van der Waals surface area contributed by atoms with E-state index < -0.39 is 5.60 Å². The Bertz CT molecular complexity index is 336. The lowest BCUT2D eigenvalue weighted by atomic mass is 10.1. The van der Waals surface area contributed by atoms with E-state index in [1.54, 1.807) is 12.1 Å². The zero-order chi connectivity index (χ0) is 13.5. The number of ether oxygens (including phenoxy) is 1. The average Bonchev–Trinajstić information content (AvgIpc) is 2.29. The Labute approximate surface area is 112 Å². The van der Waals surface area contributed by atoms with Crippen LogP contribution in [0.4, 0.5) is 0 Å². The highest BCUT2D eigenvalue weighted by Gasteiger charge is 2.17. The normalized spacial score (nSPS) is 10.2. The summed E-state index contributed by atoms with van der Waals surface area (Å²) in [7, 11) is 0. The summed E-state index contributed by atoms with van der Waals surface area (Å²) in [6, 6.07) is 7.39. The van der Waals surface area contributed by atoms with Gasteiger partial charge in [-0.15, -0.1) is 0 Å². The molecule has 96 valence electrons. The molecule has 0 aliphatic carbocycles. The van der Waals surface area contributed by atoms with Crippen molar-refractivity contribution in [3.63, 3.8) is 0 Å². The van der Waals surface area contributed by atoms with Gasteiger partial charge in [0.15, 0.2) is 0 Å². The Hall–Kier alpha value is -0.830. The lowest BCUT2D eigenvalue weighted by Gasteiger charge is -2.19. The zero-order valence-corrected chi connectivity index (χ0v) is 12.8. The molecule has 0 unspecified atom stereocenters. The molecule has 0 atom stereocenters. The summed E-state index contributed by atoms with van der Waals surface area (Å²) in [4.78, 5) is 11.6. The summed E-state index contributed by atoms with van der Waals surface area (Å²) in [6.07, 6.45) is 0. The van der Waals surface area contributed by atoms with Crippen LogP contribution >= 0.6 is 15.9 Å². The number of esters is 1. The monoisotopic (exact) mass is 300 g/mol. The first-order valence-electron chi connectivity index (χ1n) is 5.80. The van der Waals surface area contributed by atoms with E-state index in [9.17, 15) is 4.79 Å². The van der Waals surface area contributed by atoms with Crippen LogP contribution in [0.1, 0.15) is 50.5 Å². The second-order valence-electron chi connectivity index (χ2n) is 4.33. The average molecular weight is 301 g/mol. The topological polar surface area (TPSA) is 26.3 Å². The van der Waals surface area contributed by atoms with Gasteiger partial charge >= 0.3 is 5.97 Å². The van der Waals surface area contributed by atoms with Crippen LogP contribution in [0, 0.1) is 0 Å². The Morgan fingerprint density at radius 2 is 1.65 bits per heavy atom. The van der Waals surface area contributed by atoms with Gasteiger partial charge in [-0.05, 0) is 38.5 Å². The lowest BCUT2D eigenvalue weighted by molar-refractivity contribution is 0.00695. The standard InChI is InChI=1S/C12H15BrO2.C2H6/c1-12(2,3)15-11(14)10-6-4-9(8-13)5-7-10;1-2/h4-7H,8H2,1-3H3;1-2H3. The minimum Gasteiger partial charge on any atom is -0.456 e. The van der Waals surface area contributed by atoms with E-state index in [0.717, 1.165) is 10.9 Å². The third-order valence-electron chi connectivity index (χ3n) is 1.74. The molecule has 0 heterocycles. The largest absolute Gasteiger partial charge is 0.456 e. The van der Waals surface area contributed by atoms with Crippen molar-refractivity contribution in [2.75, 3.05) is 0 Å². The molecule has 0 aromatic heterocycles. The summed E-state index contributed by atoms with van der Waals surface area (Å²) in [5.41, 5.74) is 1.29. The fourth-order valence-electron chi connectivity index (χ4n) is 1.07. The molecular formula is C14H21BrO2. The number of rotatable bonds is 2. The molecule has 0 N–H and O–H groups in total. The van der Waals surface area contributed by atoms with Gasteiger partial charge in [-0.25, -0.2) is 4.79 Å². The van der Waals surface area contributed by atoms with Crippen molar-refractivity contribution in [1.82, 2.24) is 0 Å². The van der Waals surface area contributed by atoms with E-state index in [0.29, 0.717) is 5.56 Å². The number of hydrogen-bond donors (Lipinski definition) is 0. The molecule has 0 radical (unpaired) electrons. The summed E-state index contributed by atoms with van der Waals surface area (Å²) in [5.74, 6) is -0.274. The third-order valence-corrected chi connectivity index (χ3v) is 2.39.